The van der Waals surface area contributed by atoms with E-state index >= 15 is 0 Å². The van der Waals surface area contributed by atoms with E-state index in [2.05, 4.69) is 42.0 Å². The van der Waals surface area contributed by atoms with Crippen molar-refractivity contribution in [1.82, 2.24) is 20.0 Å². The van der Waals surface area contributed by atoms with E-state index < -0.39 is 0 Å². The minimum absolute atomic E-state index is 0.596. The van der Waals surface area contributed by atoms with E-state index in [9.17, 15) is 0 Å². The molecule has 0 bridgehead atoms. The molecule has 7 heteroatoms. The van der Waals surface area contributed by atoms with Gasteiger partial charge in [-0.1, -0.05) is 24.3 Å². The molecule has 2 saturated heterocycles. The lowest BCUT2D eigenvalue weighted by Gasteiger charge is -2.39. The van der Waals surface area contributed by atoms with Gasteiger partial charge in [0.1, 0.15) is 5.82 Å². The number of pyridine rings is 1. The molecule has 0 saturated carbocycles. The number of benzene rings is 1. The zero-order valence-electron chi connectivity index (χ0n) is 17.2. The number of piperidine rings is 1. The molecule has 2 aliphatic rings. The van der Waals surface area contributed by atoms with Crippen LogP contribution in [-0.2, 0) is 0 Å². The third-order valence-corrected chi connectivity index (χ3v) is 6.10. The van der Waals surface area contributed by atoms with Crippen molar-refractivity contribution in [3.8, 4) is 11.5 Å². The van der Waals surface area contributed by atoms with Crippen molar-refractivity contribution in [2.75, 3.05) is 55.6 Å². The third-order valence-electron chi connectivity index (χ3n) is 6.10. The van der Waals surface area contributed by atoms with Gasteiger partial charge in [0.25, 0.3) is 11.8 Å². The minimum atomic E-state index is 0.596. The van der Waals surface area contributed by atoms with E-state index in [0.29, 0.717) is 11.8 Å². The second kappa shape index (κ2) is 8.83. The average molecular weight is 405 g/mol. The summed E-state index contributed by atoms with van der Waals surface area (Å²) in [6.45, 7) is 7.39. The fraction of sp³-hybridized carbons (Fsp3) is 0.435. The molecule has 0 amide bonds. The molecule has 0 aliphatic carbocycles. The highest BCUT2D eigenvalue weighted by Crippen LogP contribution is 2.25. The summed E-state index contributed by atoms with van der Waals surface area (Å²) in [5.41, 5.74) is 0.968. The highest BCUT2D eigenvalue weighted by molar-refractivity contribution is 5.54. The normalized spacial score (nSPS) is 20.5. The first kappa shape index (κ1) is 19.1. The first-order valence-corrected chi connectivity index (χ1v) is 10.9. The van der Waals surface area contributed by atoms with Crippen LogP contribution in [0.2, 0.25) is 0 Å². The van der Waals surface area contributed by atoms with Gasteiger partial charge in [-0.05, 0) is 48.2 Å². The quantitative estimate of drug-likeness (QED) is 0.647. The van der Waals surface area contributed by atoms with Crippen LogP contribution in [0.1, 0.15) is 12.8 Å². The second-order valence-corrected chi connectivity index (χ2v) is 8.20. The zero-order chi connectivity index (χ0) is 20.2. The zero-order valence-corrected chi connectivity index (χ0v) is 17.2. The van der Waals surface area contributed by atoms with Gasteiger partial charge in [-0.2, -0.15) is 4.98 Å². The molecule has 1 atom stereocenters. The van der Waals surface area contributed by atoms with Crippen LogP contribution >= 0.6 is 0 Å². The molecule has 0 N–H and O–H groups in total. The van der Waals surface area contributed by atoms with E-state index in [4.69, 9.17) is 4.52 Å². The maximum absolute atomic E-state index is 5.52. The summed E-state index contributed by atoms with van der Waals surface area (Å²) in [5, 5.41) is 4.25. The smallest absolute Gasteiger partial charge is 0.266 e. The van der Waals surface area contributed by atoms with E-state index in [-0.39, 0.29) is 0 Å². The Kier molecular flexibility index (Phi) is 5.61. The Morgan fingerprint density at radius 2 is 1.73 bits per heavy atom. The van der Waals surface area contributed by atoms with Crippen molar-refractivity contribution in [2.24, 2.45) is 5.92 Å². The third kappa shape index (κ3) is 4.31. The summed E-state index contributed by atoms with van der Waals surface area (Å²) in [7, 11) is 0. The molecule has 7 nitrogen and oxygen atoms in total. The number of hydrogen-bond acceptors (Lipinski definition) is 7. The number of hydrogen-bond donors (Lipinski definition) is 0. The fourth-order valence-corrected chi connectivity index (χ4v) is 4.50. The molecule has 5 rings (SSSR count). The summed E-state index contributed by atoms with van der Waals surface area (Å²) in [5.74, 6) is 3.04. The lowest BCUT2D eigenvalue weighted by molar-refractivity contribution is 0.204. The molecule has 3 aromatic rings. The lowest BCUT2D eigenvalue weighted by Crippen LogP contribution is -2.50. The van der Waals surface area contributed by atoms with Gasteiger partial charge in [0, 0.05) is 57.6 Å². The molecule has 2 aromatic heterocycles. The van der Waals surface area contributed by atoms with Gasteiger partial charge in [0.15, 0.2) is 0 Å². The highest BCUT2D eigenvalue weighted by Gasteiger charge is 2.27. The maximum atomic E-state index is 5.52. The second-order valence-electron chi connectivity index (χ2n) is 8.20. The Morgan fingerprint density at radius 1 is 0.900 bits per heavy atom. The summed E-state index contributed by atoms with van der Waals surface area (Å²) < 4.78 is 5.52. The van der Waals surface area contributed by atoms with Crippen LogP contribution in [0.4, 0.5) is 11.8 Å². The van der Waals surface area contributed by atoms with Crippen LogP contribution in [0.3, 0.4) is 0 Å². The number of rotatable bonds is 5. The molecule has 2 aliphatic heterocycles. The van der Waals surface area contributed by atoms with E-state index in [1.165, 1.54) is 12.8 Å². The summed E-state index contributed by atoms with van der Waals surface area (Å²) in [6, 6.07) is 16.1. The number of piperazine rings is 1. The first-order valence-electron chi connectivity index (χ1n) is 10.9. The molecule has 0 spiro atoms. The number of aromatic nitrogens is 3. The Labute approximate surface area is 177 Å². The van der Waals surface area contributed by atoms with Crippen molar-refractivity contribution >= 4 is 11.8 Å². The lowest BCUT2D eigenvalue weighted by atomic mass is 9.97. The molecule has 1 unspecified atom stereocenters. The Balaban J connectivity index is 1.15. The van der Waals surface area contributed by atoms with Gasteiger partial charge in [-0.15, -0.1) is 0 Å². The minimum Gasteiger partial charge on any atom is -0.354 e. The molecule has 156 valence electrons. The Hall–Kier alpha value is -2.93. The van der Waals surface area contributed by atoms with E-state index in [1.807, 2.05) is 42.6 Å². The first-order chi connectivity index (χ1) is 14.8. The number of nitrogens with zero attached hydrogens (tertiary/aromatic N) is 6. The molecular weight excluding hydrogens is 376 g/mol. The van der Waals surface area contributed by atoms with Crippen LogP contribution in [0.5, 0.6) is 0 Å². The summed E-state index contributed by atoms with van der Waals surface area (Å²) >= 11 is 0. The van der Waals surface area contributed by atoms with Gasteiger partial charge in [0.05, 0.1) is 0 Å². The molecule has 0 radical (unpaired) electrons. The highest BCUT2D eigenvalue weighted by atomic mass is 16.5. The van der Waals surface area contributed by atoms with Gasteiger partial charge in [-0.3, -0.25) is 4.90 Å². The predicted octanol–water partition coefficient (Wildman–Crippen LogP) is 3.17. The average Bonchev–Trinajstić information content (AvgIpc) is 3.32. The van der Waals surface area contributed by atoms with Crippen LogP contribution in [0.15, 0.2) is 59.3 Å². The molecular formula is C23H28N6O. The van der Waals surface area contributed by atoms with Gasteiger partial charge in [0.2, 0.25) is 0 Å². The Bertz CT molecular complexity index is 923. The van der Waals surface area contributed by atoms with Crippen LogP contribution in [0.25, 0.3) is 11.5 Å². The van der Waals surface area contributed by atoms with Crippen LogP contribution in [0, 0.1) is 5.92 Å². The summed E-state index contributed by atoms with van der Waals surface area (Å²) in [6.07, 6.45) is 4.31. The Morgan fingerprint density at radius 3 is 2.53 bits per heavy atom. The van der Waals surface area contributed by atoms with E-state index in [1.54, 1.807) is 0 Å². The van der Waals surface area contributed by atoms with E-state index in [0.717, 1.165) is 63.1 Å². The molecule has 30 heavy (non-hydrogen) atoms. The van der Waals surface area contributed by atoms with Crippen molar-refractivity contribution < 1.29 is 4.52 Å². The van der Waals surface area contributed by atoms with Gasteiger partial charge >= 0.3 is 0 Å². The molecule has 4 heterocycles. The monoisotopic (exact) mass is 404 g/mol. The van der Waals surface area contributed by atoms with Gasteiger partial charge < -0.3 is 14.3 Å². The SMILES string of the molecule is c1ccc(-c2nc(N3CCCC(CN4CCN(c5ccccn5)CC4)C3)no2)cc1. The molecule has 1 aromatic carbocycles. The number of anilines is 2. The molecule has 2 fully saturated rings. The van der Waals surface area contributed by atoms with Crippen LogP contribution in [-0.4, -0.2) is 65.8 Å². The van der Waals surface area contributed by atoms with Crippen molar-refractivity contribution in [1.29, 1.82) is 0 Å². The van der Waals surface area contributed by atoms with Crippen LogP contribution < -0.4 is 9.80 Å². The fourth-order valence-electron chi connectivity index (χ4n) is 4.50. The van der Waals surface area contributed by atoms with Crippen molar-refractivity contribution in [3.05, 3.63) is 54.7 Å². The van der Waals surface area contributed by atoms with Crippen molar-refractivity contribution in [3.63, 3.8) is 0 Å². The largest absolute Gasteiger partial charge is 0.354 e. The standard InChI is InChI=1S/C23H28N6O/c1-2-8-20(9-3-1)22-25-23(26-30-22)29-12-6-7-19(18-29)17-27-13-15-28(16-14-27)21-10-4-5-11-24-21/h1-5,8-11,19H,6-7,12-18H2. The maximum Gasteiger partial charge on any atom is 0.266 e. The topological polar surface area (TPSA) is 61.5 Å². The van der Waals surface area contributed by atoms with Gasteiger partial charge in [-0.25, -0.2) is 4.98 Å². The van der Waals surface area contributed by atoms with Crippen molar-refractivity contribution in [2.45, 2.75) is 12.8 Å². The summed E-state index contributed by atoms with van der Waals surface area (Å²) in [4.78, 5) is 16.4. The predicted molar refractivity (Wildman–Crippen MR) is 118 cm³/mol.